The highest BCUT2D eigenvalue weighted by atomic mass is 19.2. The molecule has 0 aliphatic heterocycles. The number of nitrogens with zero attached hydrogens (tertiary/aromatic N) is 4. The first-order valence-electron chi connectivity index (χ1n) is 27.6. The van der Waals surface area contributed by atoms with Gasteiger partial charge in [-0.25, -0.2) is 55.7 Å². The number of hydrogen-bond acceptors (Lipinski definition) is 24. The second kappa shape index (κ2) is 33.1. The van der Waals surface area contributed by atoms with E-state index in [0.29, 0.717) is 51.7 Å². The van der Waals surface area contributed by atoms with E-state index in [1.807, 2.05) is 19.0 Å². The number of pyridine rings is 3. The fourth-order valence-corrected chi connectivity index (χ4v) is 8.53. The molecule has 30 heteroatoms. The van der Waals surface area contributed by atoms with Crippen LogP contribution in [0.5, 0.6) is 51.7 Å². The van der Waals surface area contributed by atoms with Crippen LogP contribution in [-0.4, -0.2) is 113 Å². The minimum absolute atomic E-state index is 0.00521. The first kappa shape index (κ1) is 73.1. The number of halogens is 6. The molecule has 0 saturated heterocycles. The van der Waals surface area contributed by atoms with E-state index in [2.05, 4.69) is 29.2 Å². The van der Waals surface area contributed by atoms with Crippen LogP contribution in [0.1, 0.15) is 83.2 Å². The van der Waals surface area contributed by atoms with E-state index in [9.17, 15) is 74.9 Å². The second-order valence-corrected chi connectivity index (χ2v) is 19.9. The molecule has 0 bridgehead atoms. The molecule has 6 aromatic carbocycles. The van der Waals surface area contributed by atoms with Gasteiger partial charge in [-0.05, 0) is 68.7 Å². The zero-order valence-corrected chi connectivity index (χ0v) is 52.3. The monoisotopic (exact) mass is 1340 g/mol. The minimum Gasteiger partial charge on any atom is -0.505 e. The molecule has 96 heavy (non-hydrogen) atoms. The number of methoxy groups -OCH3 is 3. The quantitative estimate of drug-likeness (QED) is 0.0393. The Morgan fingerprint density at radius 1 is 0.385 bits per heavy atom. The van der Waals surface area contributed by atoms with Crippen molar-refractivity contribution >= 4 is 80.1 Å². The molecule has 0 spiro atoms. The predicted octanol–water partition coefficient (Wildman–Crippen LogP) is 11.9. The van der Waals surface area contributed by atoms with Gasteiger partial charge >= 0.3 is 47.8 Å². The van der Waals surface area contributed by atoms with Gasteiger partial charge in [0, 0.05) is 128 Å². The van der Waals surface area contributed by atoms with Crippen molar-refractivity contribution in [2.24, 2.45) is 0 Å². The largest absolute Gasteiger partial charge is 0.505 e. The summed E-state index contributed by atoms with van der Waals surface area (Å²) in [6.07, 6.45) is 0. The van der Waals surface area contributed by atoms with Gasteiger partial charge in [0.1, 0.15) is 82.6 Å². The average Bonchev–Trinajstić information content (AvgIpc) is 0.788. The first-order chi connectivity index (χ1) is 45.4. The highest BCUT2D eigenvalue weighted by Crippen LogP contribution is 2.39. The summed E-state index contributed by atoms with van der Waals surface area (Å²) in [7, 11) is 7.12. The third-order valence-electron chi connectivity index (χ3n) is 12.2. The molecule has 0 saturated carbocycles. The highest BCUT2D eigenvalue weighted by molar-refractivity contribution is 6.03. The second-order valence-electron chi connectivity index (χ2n) is 19.9. The summed E-state index contributed by atoms with van der Waals surface area (Å²) in [6.45, 7) is 5.69. The number of fused-ring (bicyclic) bond motifs is 3. The number of esters is 8. The summed E-state index contributed by atoms with van der Waals surface area (Å²) < 4.78 is 130. The van der Waals surface area contributed by atoms with E-state index in [0.717, 1.165) is 63.6 Å². The molecule has 24 nitrogen and oxygen atoms in total. The van der Waals surface area contributed by atoms with Gasteiger partial charge in [-0.3, -0.25) is 24.0 Å². The number of carbonyl (C=O) groups excluding carboxylic acids is 8. The van der Waals surface area contributed by atoms with Gasteiger partial charge in [-0.15, -0.1) is 0 Å². The third kappa shape index (κ3) is 20.3. The van der Waals surface area contributed by atoms with Gasteiger partial charge in [0.25, 0.3) is 0 Å². The number of carbonyl (C=O) groups is 8. The molecule has 0 unspecified atom stereocenters. The van der Waals surface area contributed by atoms with Crippen LogP contribution in [0, 0.1) is 34.9 Å². The van der Waals surface area contributed by atoms with Crippen molar-refractivity contribution in [2.45, 2.75) is 54.4 Å². The summed E-state index contributed by atoms with van der Waals surface area (Å²) in [5, 5.41) is 22.9. The lowest BCUT2D eigenvalue weighted by Crippen LogP contribution is -2.15. The number of benzene rings is 6. The van der Waals surface area contributed by atoms with Crippen LogP contribution in [0.4, 0.5) is 26.3 Å². The number of aromatic hydroxyl groups is 2. The lowest BCUT2D eigenvalue weighted by atomic mass is 10.1. The lowest BCUT2D eigenvalue weighted by molar-refractivity contribution is -0.156. The van der Waals surface area contributed by atoms with E-state index in [1.165, 1.54) is 77.3 Å². The predicted molar refractivity (Wildman–Crippen MR) is 324 cm³/mol. The first-order valence-corrected chi connectivity index (χ1v) is 27.6. The van der Waals surface area contributed by atoms with Gasteiger partial charge < -0.3 is 62.5 Å². The van der Waals surface area contributed by atoms with E-state index < -0.39 is 88.4 Å². The molecule has 502 valence electrons. The molecule has 0 amide bonds. The summed E-state index contributed by atoms with van der Waals surface area (Å²) in [4.78, 5) is 104. The Labute approximate surface area is 540 Å². The molecule has 9 aromatic rings. The molecular formula is C66H56F6N4O20. The fourth-order valence-electron chi connectivity index (χ4n) is 8.53. The van der Waals surface area contributed by atoms with Crippen LogP contribution in [0.2, 0.25) is 0 Å². The Morgan fingerprint density at radius 2 is 0.698 bits per heavy atom. The Bertz CT molecular complexity index is 4420. The third-order valence-corrected chi connectivity index (χ3v) is 12.2. The molecule has 2 N–H and O–H groups in total. The van der Waals surface area contributed by atoms with Crippen molar-refractivity contribution in [1.82, 2.24) is 19.9 Å². The summed E-state index contributed by atoms with van der Waals surface area (Å²) >= 11 is 0. The van der Waals surface area contributed by atoms with Crippen LogP contribution in [0.3, 0.4) is 0 Å². The van der Waals surface area contributed by atoms with Crippen molar-refractivity contribution in [1.29, 1.82) is 0 Å². The molecule has 3 aromatic heterocycles. The zero-order chi connectivity index (χ0) is 70.8. The molecule has 0 aliphatic carbocycles. The molecule has 3 heterocycles. The SMILES string of the molecule is CC(=O)OC(C)=O.COC(=O)c1nc(CN(C)C)c2cc(Oc3cc(F)cc(F)c3)ccc2c1O.COC(=O)c1nc(COC(C)=O)c2cc(Oc3cc(F)cc(F)c3)ccc2c1O.COC(=O)c1nc(COC(C)=O)c2cc(Oc3cc(F)cc(F)c3)ccc2c1OC(C)=O. The standard InChI is InChI=1S/C22H17F2NO7.C20H18F2N2O4.C20H15F2NO6.C4H6O3/c1-11(26)30-10-19-18-9-15(32-16-7-13(23)6-14(24)8-16)4-5-17(18)21(31-12(2)27)20(25-19)22(28)29-3;1-24(2)10-17-16-9-13(28-14-7-11(21)6-12(22)8-14)4-5-15(16)19(25)18(23-17)20(26)27-3;1-10(24)28-9-17-16-8-13(29-14-6-11(21)5-12(22)7-14)3-4-15(16)19(25)18(23-17)20(26)27-2;1-3(5)7-4(2)6/h4-9H,10H2,1-3H3;4-9,25H,10H2,1-3H3;3-8,25H,9H2,1-2H3;1-2H3. The van der Waals surface area contributed by atoms with E-state index >= 15 is 0 Å². The molecule has 0 aliphatic rings. The Balaban J connectivity index is 0.000000217. The summed E-state index contributed by atoms with van der Waals surface area (Å²) in [5.41, 5.74) is -0.0188. The number of rotatable bonds is 16. The number of hydrogen-bond donors (Lipinski definition) is 2. The van der Waals surface area contributed by atoms with Crippen molar-refractivity contribution in [3.05, 3.63) is 178 Å². The van der Waals surface area contributed by atoms with Crippen molar-refractivity contribution in [2.75, 3.05) is 35.4 Å². The van der Waals surface area contributed by atoms with Crippen molar-refractivity contribution in [3.8, 4) is 51.7 Å². The normalized spacial score (nSPS) is 10.5. The number of ether oxygens (including phenoxy) is 10. The van der Waals surface area contributed by atoms with Gasteiger partial charge in [-0.1, -0.05) is 0 Å². The van der Waals surface area contributed by atoms with Gasteiger partial charge in [0.2, 0.25) is 0 Å². The smallest absolute Gasteiger partial charge is 0.360 e. The maximum absolute atomic E-state index is 13.5. The van der Waals surface area contributed by atoms with Gasteiger partial charge in [0.05, 0.1) is 38.4 Å². The van der Waals surface area contributed by atoms with Gasteiger partial charge in [-0.2, -0.15) is 0 Å². The molecule has 0 fully saturated rings. The van der Waals surface area contributed by atoms with E-state index in [4.69, 9.17) is 33.2 Å². The van der Waals surface area contributed by atoms with Crippen LogP contribution in [-0.2, 0) is 72.2 Å². The molecule has 9 rings (SSSR count). The minimum atomic E-state index is -0.872. The molecule has 0 atom stereocenters. The summed E-state index contributed by atoms with van der Waals surface area (Å²) in [5.74, 6) is -10.7. The van der Waals surface area contributed by atoms with Crippen molar-refractivity contribution < 1.29 is 122 Å². The van der Waals surface area contributed by atoms with E-state index in [1.54, 1.807) is 12.1 Å². The number of aromatic nitrogens is 3. The average molecular weight is 1340 g/mol. The Hall–Kier alpha value is -12.0. The molecule has 0 radical (unpaired) electrons. The van der Waals surface area contributed by atoms with E-state index in [-0.39, 0.29) is 92.7 Å². The fraction of sp³-hybridized carbons (Fsp3) is 0.197. The lowest BCUT2D eigenvalue weighted by Gasteiger charge is -2.15. The molecular weight excluding hydrogens is 1280 g/mol. The maximum Gasteiger partial charge on any atom is 0.360 e. The van der Waals surface area contributed by atoms with Crippen LogP contribution >= 0.6 is 0 Å². The maximum atomic E-state index is 13.5. The van der Waals surface area contributed by atoms with Gasteiger partial charge in [0.15, 0.2) is 34.3 Å². The van der Waals surface area contributed by atoms with Crippen LogP contribution in [0.25, 0.3) is 32.3 Å². The van der Waals surface area contributed by atoms with Crippen LogP contribution < -0.4 is 18.9 Å². The zero-order valence-electron chi connectivity index (χ0n) is 52.3. The Kier molecular flexibility index (Phi) is 25.2. The van der Waals surface area contributed by atoms with Crippen molar-refractivity contribution in [3.63, 3.8) is 0 Å². The highest BCUT2D eigenvalue weighted by Gasteiger charge is 2.26. The topological polar surface area (TPSA) is 311 Å². The summed E-state index contributed by atoms with van der Waals surface area (Å²) in [6, 6.07) is 21.6. The Morgan fingerprint density at radius 3 is 1.01 bits per heavy atom. The van der Waals surface area contributed by atoms with Crippen LogP contribution in [0.15, 0.2) is 109 Å².